The van der Waals surface area contributed by atoms with Crippen molar-refractivity contribution in [3.8, 4) is 0 Å². The smallest absolute Gasteiger partial charge is 0.305 e. The molecular weight excluding hydrogens is 148 g/mol. The van der Waals surface area contributed by atoms with Crippen molar-refractivity contribution in [2.24, 2.45) is 5.73 Å². The lowest BCUT2D eigenvalue weighted by Crippen LogP contribution is -2.29. The molecule has 0 heterocycles. The number of nitrogens with two attached hydrogens (primary N) is 1. The average Bonchev–Trinajstić information content (AvgIpc) is 1.97. The molecular formula is C6H14N2O3. The van der Waals surface area contributed by atoms with Crippen molar-refractivity contribution in [2.45, 2.75) is 25.3 Å². The van der Waals surface area contributed by atoms with Crippen LogP contribution in [0.25, 0.3) is 0 Å². The zero-order valence-electron chi connectivity index (χ0n) is 6.29. The minimum Gasteiger partial charge on any atom is -0.481 e. The van der Waals surface area contributed by atoms with Gasteiger partial charge in [0.1, 0.15) is 0 Å². The van der Waals surface area contributed by atoms with Gasteiger partial charge in [-0.2, -0.15) is 0 Å². The van der Waals surface area contributed by atoms with E-state index in [4.69, 9.17) is 16.0 Å². The van der Waals surface area contributed by atoms with Crippen molar-refractivity contribution < 1.29 is 15.1 Å². The van der Waals surface area contributed by atoms with Crippen molar-refractivity contribution >= 4 is 5.97 Å². The standard InChI is InChI=1S/C6H14N2O3/c7-3-1-2-5(8-11)4-6(9)10/h5,8,11H,1-4,7H2,(H,9,10)/t5-/m1/s1. The molecule has 0 rings (SSSR count). The summed E-state index contributed by atoms with van der Waals surface area (Å²) >= 11 is 0. The topological polar surface area (TPSA) is 95.6 Å². The molecule has 0 saturated carbocycles. The maximum Gasteiger partial charge on any atom is 0.305 e. The van der Waals surface area contributed by atoms with E-state index in [1.807, 2.05) is 5.48 Å². The van der Waals surface area contributed by atoms with Crippen molar-refractivity contribution in [2.75, 3.05) is 6.54 Å². The third-order valence-electron chi connectivity index (χ3n) is 1.36. The quantitative estimate of drug-likeness (QED) is 0.397. The fourth-order valence-electron chi connectivity index (χ4n) is 0.787. The lowest BCUT2D eigenvalue weighted by molar-refractivity contribution is -0.138. The van der Waals surface area contributed by atoms with Crippen LogP contribution in [0.3, 0.4) is 0 Å². The largest absolute Gasteiger partial charge is 0.481 e. The van der Waals surface area contributed by atoms with Crippen LogP contribution in [0.5, 0.6) is 0 Å². The van der Waals surface area contributed by atoms with Crippen molar-refractivity contribution in [1.82, 2.24) is 5.48 Å². The van der Waals surface area contributed by atoms with Crippen molar-refractivity contribution in [1.29, 1.82) is 0 Å². The monoisotopic (exact) mass is 162 g/mol. The first-order chi connectivity index (χ1) is 5.20. The zero-order valence-corrected chi connectivity index (χ0v) is 6.29. The summed E-state index contributed by atoms with van der Waals surface area (Å²) in [4.78, 5) is 10.1. The number of carboxylic acids is 1. The van der Waals surface area contributed by atoms with Gasteiger partial charge in [0.05, 0.1) is 6.42 Å². The molecule has 0 spiro atoms. The summed E-state index contributed by atoms with van der Waals surface area (Å²) in [6.07, 6.45) is 1.22. The minimum atomic E-state index is -0.923. The number of nitrogens with one attached hydrogen (secondary N) is 1. The summed E-state index contributed by atoms with van der Waals surface area (Å²) in [5.41, 5.74) is 7.14. The fourth-order valence-corrected chi connectivity index (χ4v) is 0.787. The fraction of sp³-hybridized carbons (Fsp3) is 0.833. The molecule has 0 radical (unpaired) electrons. The molecule has 0 aliphatic heterocycles. The van der Waals surface area contributed by atoms with Crippen LogP contribution in [0, 0.1) is 0 Å². The lowest BCUT2D eigenvalue weighted by Gasteiger charge is -2.10. The van der Waals surface area contributed by atoms with Gasteiger partial charge < -0.3 is 16.0 Å². The third-order valence-corrected chi connectivity index (χ3v) is 1.36. The summed E-state index contributed by atoms with van der Waals surface area (Å²) < 4.78 is 0. The van der Waals surface area contributed by atoms with E-state index in [2.05, 4.69) is 0 Å². The predicted molar refractivity (Wildman–Crippen MR) is 39.3 cm³/mol. The number of aliphatic carboxylic acids is 1. The molecule has 0 amide bonds. The minimum absolute atomic E-state index is 0.0729. The molecule has 0 aromatic rings. The van der Waals surface area contributed by atoms with E-state index in [0.717, 1.165) is 0 Å². The molecule has 0 aliphatic rings. The van der Waals surface area contributed by atoms with Gasteiger partial charge >= 0.3 is 5.97 Å². The molecule has 1 atom stereocenters. The van der Waals surface area contributed by atoms with Gasteiger partial charge in [-0.25, -0.2) is 5.48 Å². The lowest BCUT2D eigenvalue weighted by atomic mass is 10.1. The molecule has 0 bridgehead atoms. The highest BCUT2D eigenvalue weighted by Gasteiger charge is 2.10. The third kappa shape index (κ3) is 5.78. The van der Waals surface area contributed by atoms with Crippen molar-refractivity contribution in [3.63, 3.8) is 0 Å². The molecule has 0 aromatic heterocycles. The molecule has 0 fully saturated rings. The Morgan fingerprint density at radius 2 is 2.27 bits per heavy atom. The second-order valence-corrected chi connectivity index (χ2v) is 2.35. The molecule has 5 nitrogen and oxygen atoms in total. The first-order valence-corrected chi connectivity index (χ1v) is 3.52. The van der Waals surface area contributed by atoms with Gasteiger partial charge in [0, 0.05) is 6.04 Å². The summed E-state index contributed by atoms with van der Waals surface area (Å²) in [6, 6.07) is -0.379. The Bertz CT molecular complexity index is 118. The maximum absolute atomic E-state index is 10.1. The Balaban J connectivity index is 3.49. The average molecular weight is 162 g/mol. The number of hydrogen-bond acceptors (Lipinski definition) is 4. The Morgan fingerprint density at radius 3 is 2.64 bits per heavy atom. The summed E-state index contributed by atoms with van der Waals surface area (Å²) in [5, 5.41) is 16.8. The molecule has 66 valence electrons. The molecule has 5 heteroatoms. The van der Waals surface area contributed by atoms with Gasteiger partial charge in [0.2, 0.25) is 0 Å². The highest BCUT2D eigenvalue weighted by molar-refractivity contribution is 5.67. The first kappa shape index (κ1) is 10.3. The highest BCUT2D eigenvalue weighted by atomic mass is 16.5. The van der Waals surface area contributed by atoms with Crippen LogP contribution < -0.4 is 11.2 Å². The number of carbonyl (C=O) groups is 1. The van der Waals surface area contributed by atoms with Gasteiger partial charge in [-0.05, 0) is 19.4 Å². The first-order valence-electron chi connectivity index (χ1n) is 3.52. The van der Waals surface area contributed by atoms with Crippen LogP contribution in [0.4, 0.5) is 0 Å². The molecule has 0 saturated heterocycles. The molecule has 0 aliphatic carbocycles. The second kappa shape index (κ2) is 6.09. The number of hydroxylamine groups is 1. The van der Waals surface area contributed by atoms with Crippen LogP contribution in [-0.2, 0) is 4.79 Å². The van der Waals surface area contributed by atoms with E-state index in [9.17, 15) is 4.79 Å². The maximum atomic E-state index is 10.1. The SMILES string of the molecule is NCCC[C@H](CC(=O)O)NO. The number of carboxylic acid groups (broad SMARTS) is 1. The summed E-state index contributed by atoms with van der Waals surface area (Å²) in [6.45, 7) is 0.512. The second-order valence-electron chi connectivity index (χ2n) is 2.35. The number of rotatable bonds is 6. The van der Waals surface area contributed by atoms with E-state index in [1.165, 1.54) is 0 Å². The van der Waals surface area contributed by atoms with Crippen LogP contribution in [0.15, 0.2) is 0 Å². The van der Waals surface area contributed by atoms with Gasteiger partial charge in [-0.15, -0.1) is 0 Å². The summed E-state index contributed by atoms with van der Waals surface area (Å²) in [7, 11) is 0. The van der Waals surface area contributed by atoms with Gasteiger partial charge in [0.15, 0.2) is 0 Å². The highest BCUT2D eigenvalue weighted by Crippen LogP contribution is 1.99. The van der Waals surface area contributed by atoms with Gasteiger partial charge in [-0.1, -0.05) is 0 Å². The normalized spacial score (nSPS) is 12.9. The molecule has 0 aromatic carbocycles. The Hall–Kier alpha value is -0.650. The molecule has 5 N–H and O–H groups in total. The van der Waals surface area contributed by atoms with E-state index in [0.29, 0.717) is 19.4 Å². The Morgan fingerprint density at radius 1 is 1.64 bits per heavy atom. The van der Waals surface area contributed by atoms with E-state index in [-0.39, 0.29) is 12.5 Å². The van der Waals surface area contributed by atoms with E-state index in [1.54, 1.807) is 0 Å². The van der Waals surface area contributed by atoms with E-state index >= 15 is 0 Å². The van der Waals surface area contributed by atoms with Crippen molar-refractivity contribution in [3.05, 3.63) is 0 Å². The van der Waals surface area contributed by atoms with Crippen LogP contribution in [0.2, 0.25) is 0 Å². The predicted octanol–water partition coefficient (Wildman–Crippen LogP) is -0.453. The zero-order chi connectivity index (χ0) is 8.69. The van der Waals surface area contributed by atoms with Crippen LogP contribution >= 0.6 is 0 Å². The molecule has 0 unspecified atom stereocenters. The van der Waals surface area contributed by atoms with E-state index < -0.39 is 5.97 Å². The van der Waals surface area contributed by atoms with Crippen LogP contribution in [0.1, 0.15) is 19.3 Å². The number of hydrogen-bond donors (Lipinski definition) is 4. The van der Waals surface area contributed by atoms with Crippen LogP contribution in [-0.4, -0.2) is 28.9 Å². The van der Waals surface area contributed by atoms with Gasteiger partial charge in [0.25, 0.3) is 0 Å². The molecule has 11 heavy (non-hydrogen) atoms. The Labute approximate surface area is 65.2 Å². The Kier molecular flexibility index (Phi) is 5.73. The summed E-state index contributed by atoms with van der Waals surface area (Å²) in [5.74, 6) is -0.923. The van der Waals surface area contributed by atoms with Gasteiger partial charge in [-0.3, -0.25) is 4.79 Å².